The lowest BCUT2D eigenvalue weighted by atomic mass is 10.1. The smallest absolute Gasteiger partial charge is 0.222 e. The summed E-state index contributed by atoms with van der Waals surface area (Å²) in [6.07, 6.45) is 1.07. The van der Waals surface area contributed by atoms with Gasteiger partial charge >= 0.3 is 0 Å². The Morgan fingerprint density at radius 2 is 2.24 bits per heavy atom. The molecule has 118 valence electrons. The van der Waals surface area contributed by atoms with Gasteiger partial charge in [0.1, 0.15) is 6.10 Å². The van der Waals surface area contributed by atoms with Crippen molar-refractivity contribution >= 4 is 29.9 Å². The van der Waals surface area contributed by atoms with Crippen LogP contribution < -0.4 is 5.73 Å². The predicted octanol–water partition coefficient (Wildman–Crippen LogP) is 2.79. The number of carbonyl (C=O) groups excluding carboxylic acids is 1. The van der Waals surface area contributed by atoms with E-state index in [0.29, 0.717) is 37.6 Å². The number of nitrogens with zero attached hydrogens (tertiary/aromatic N) is 1. The zero-order valence-corrected chi connectivity index (χ0v) is 13.7. The average Bonchev–Trinajstić information content (AvgIpc) is 2.45. The van der Waals surface area contributed by atoms with Crippen molar-refractivity contribution < 1.29 is 9.53 Å². The summed E-state index contributed by atoms with van der Waals surface area (Å²) in [7, 11) is 0. The number of amides is 1. The van der Waals surface area contributed by atoms with Gasteiger partial charge in [-0.05, 0) is 19.4 Å². The van der Waals surface area contributed by atoms with Gasteiger partial charge in [0, 0.05) is 29.6 Å². The summed E-state index contributed by atoms with van der Waals surface area (Å²) < 4.78 is 5.75. The molecule has 0 radical (unpaired) electrons. The van der Waals surface area contributed by atoms with Gasteiger partial charge in [-0.3, -0.25) is 4.79 Å². The van der Waals surface area contributed by atoms with E-state index in [9.17, 15) is 4.79 Å². The lowest BCUT2D eigenvalue weighted by molar-refractivity contribution is -0.139. The largest absolute Gasteiger partial charge is 0.370 e. The van der Waals surface area contributed by atoms with Gasteiger partial charge < -0.3 is 15.4 Å². The molecule has 1 aromatic carbocycles. The van der Waals surface area contributed by atoms with Gasteiger partial charge in [0.15, 0.2) is 0 Å². The fourth-order valence-electron chi connectivity index (χ4n) is 2.31. The topological polar surface area (TPSA) is 55.6 Å². The van der Waals surface area contributed by atoms with Crippen LogP contribution in [0, 0.1) is 0 Å². The van der Waals surface area contributed by atoms with Crippen molar-refractivity contribution in [2.75, 3.05) is 19.7 Å². The number of nitrogens with two attached hydrogens (primary N) is 1. The van der Waals surface area contributed by atoms with Gasteiger partial charge in [-0.2, -0.15) is 0 Å². The fourth-order valence-corrected chi connectivity index (χ4v) is 2.57. The second-order valence-corrected chi connectivity index (χ2v) is 5.64. The number of morpholine rings is 1. The molecule has 1 aliphatic rings. The Balaban J connectivity index is 0.00000220. The number of halogens is 2. The Hall–Kier alpha value is -0.810. The number of hydrogen-bond acceptors (Lipinski definition) is 3. The Kier molecular flexibility index (Phi) is 7.46. The number of carbonyl (C=O) groups is 1. The summed E-state index contributed by atoms with van der Waals surface area (Å²) in [5.74, 6) is 0.141. The van der Waals surface area contributed by atoms with Crippen LogP contribution in [0.3, 0.4) is 0 Å². The van der Waals surface area contributed by atoms with E-state index < -0.39 is 0 Å². The van der Waals surface area contributed by atoms with Crippen LogP contribution in [0.4, 0.5) is 0 Å². The molecule has 2 atom stereocenters. The van der Waals surface area contributed by atoms with Gasteiger partial charge in [-0.1, -0.05) is 29.8 Å². The summed E-state index contributed by atoms with van der Waals surface area (Å²) in [6, 6.07) is 7.67. The second kappa shape index (κ2) is 8.59. The van der Waals surface area contributed by atoms with Crippen molar-refractivity contribution in [3.8, 4) is 0 Å². The number of benzene rings is 1. The van der Waals surface area contributed by atoms with Crippen molar-refractivity contribution in [1.29, 1.82) is 0 Å². The van der Waals surface area contributed by atoms with Gasteiger partial charge in [0.25, 0.3) is 0 Å². The molecule has 0 aliphatic carbocycles. The molecule has 0 aromatic heterocycles. The molecular formula is C15H22Cl2N2O2. The highest BCUT2D eigenvalue weighted by molar-refractivity contribution is 6.31. The SMILES string of the molecule is CC(N)CCC(=O)N1CCOC(c2ccccc2Cl)C1.Cl. The minimum Gasteiger partial charge on any atom is -0.370 e. The van der Waals surface area contributed by atoms with Crippen LogP contribution in [0.25, 0.3) is 0 Å². The minimum absolute atomic E-state index is 0. The Bertz CT molecular complexity index is 469. The first kappa shape index (κ1) is 18.2. The molecule has 0 spiro atoms. The van der Waals surface area contributed by atoms with E-state index in [2.05, 4.69) is 0 Å². The van der Waals surface area contributed by atoms with Crippen molar-refractivity contribution in [2.45, 2.75) is 31.9 Å². The first-order chi connectivity index (χ1) is 9.58. The van der Waals surface area contributed by atoms with E-state index in [4.69, 9.17) is 22.1 Å². The molecule has 2 rings (SSSR count). The Morgan fingerprint density at radius 3 is 2.90 bits per heavy atom. The monoisotopic (exact) mass is 332 g/mol. The quantitative estimate of drug-likeness (QED) is 0.922. The van der Waals surface area contributed by atoms with E-state index >= 15 is 0 Å². The van der Waals surface area contributed by atoms with Crippen molar-refractivity contribution in [3.63, 3.8) is 0 Å². The molecule has 1 heterocycles. The molecule has 21 heavy (non-hydrogen) atoms. The first-order valence-corrected chi connectivity index (χ1v) is 7.35. The van der Waals surface area contributed by atoms with Gasteiger partial charge in [-0.15, -0.1) is 12.4 Å². The molecule has 2 N–H and O–H groups in total. The van der Waals surface area contributed by atoms with Crippen molar-refractivity contribution in [1.82, 2.24) is 4.90 Å². The molecule has 1 amide bonds. The maximum absolute atomic E-state index is 12.1. The van der Waals surface area contributed by atoms with E-state index in [1.165, 1.54) is 0 Å². The Labute approximate surface area is 137 Å². The number of hydrogen-bond donors (Lipinski definition) is 1. The predicted molar refractivity (Wildman–Crippen MR) is 86.9 cm³/mol. The first-order valence-electron chi connectivity index (χ1n) is 6.97. The van der Waals surface area contributed by atoms with Crippen LogP contribution in [0.15, 0.2) is 24.3 Å². The molecule has 1 fully saturated rings. The third-order valence-corrected chi connectivity index (χ3v) is 3.83. The summed E-state index contributed by atoms with van der Waals surface area (Å²) in [5.41, 5.74) is 6.64. The molecule has 1 aromatic rings. The van der Waals surface area contributed by atoms with Crippen LogP contribution >= 0.6 is 24.0 Å². The van der Waals surface area contributed by atoms with Crippen LogP contribution in [0.5, 0.6) is 0 Å². The molecule has 4 nitrogen and oxygen atoms in total. The number of rotatable bonds is 4. The third-order valence-electron chi connectivity index (χ3n) is 3.48. The van der Waals surface area contributed by atoms with Crippen molar-refractivity contribution in [2.24, 2.45) is 5.73 Å². The molecule has 1 saturated heterocycles. The van der Waals surface area contributed by atoms with Gasteiger partial charge in [-0.25, -0.2) is 0 Å². The van der Waals surface area contributed by atoms with Crippen molar-refractivity contribution in [3.05, 3.63) is 34.9 Å². The van der Waals surface area contributed by atoms with Gasteiger partial charge in [0.2, 0.25) is 5.91 Å². The average molecular weight is 333 g/mol. The number of ether oxygens (including phenoxy) is 1. The molecule has 1 aliphatic heterocycles. The molecule has 0 saturated carbocycles. The van der Waals surface area contributed by atoms with Crippen LogP contribution in [0.2, 0.25) is 5.02 Å². The maximum atomic E-state index is 12.1. The summed E-state index contributed by atoms with van der Waals surface area (Å²) in [6.45, 7) is 3.65. The van der Waals surface area contributed by atoms with Gasteiger partial charge in [0.05, 0.1) is 13.2 Å². The summed E-state index contributed by atoms with van der Waals surface area (Å²) in [4.78, 5) is 14.0. The summed E-state index contributed by atoms with van der Waals surface area (Å²) >= 11 is 6.19. The maximum Gasteiger partial charge on any atom is 0.222 e. The molecule has 0 bridgehead atoms. The van der Waals surface area contributed by atoms with E-state index in [1.807, 2.05) is 36.1 Å². The highest BCUT2D eigenvalue weighted by Gasteiger charge is 2.26. The van der Waals surface area contributed by atoms with E-state index in [-0.39, 0.29) is 30.5 Å². The third kappa shape index (κ3) is 5.15. The molecule has 2 unspecified atom stereocenters. The van der Waals surface area contributed by atoms with Crippen LogP contribution in [0.1, 0.15) is 31.4 Å². The zero-order valence-electron chi connectivity index (χ0n) is 12.1. The fraction of sp³-hybridized carbons (Fsp3) is 0.533. The highest BCUT2D eigenvalue weighted by atomic mass is 35.5. The lowest BCUT2D eigenvalue weighted by Gasteiger charge is -2.33. The minimum atomic E-state index is -0.142. The highest BCUT2D eigenvalue weighted by Crippen LogP contribution is 2.28. The van der Waals surface area contributed by atoms with Crippen LogP contribution in [-0.4, -0.2) is 36.5 Å². The standard InChI is InChI=1S/C15H21ClN2O2.ClH/c1-11(17)6-7-15(19)18-8-9-20-14(10-18)12-4-2-3-5-13(12)16;/h2-5,11,14H,6-10,17H2,1H3;1H. The zero-order chi connectivity index (χ0) is 14.5. The normalized spacial score (nSPS) is 19.8. The van der Waals surface area contributed by atoms with E-state index in [0.717, 1.165) is 5.56 Å². The lowest BCUT2D eigenvalue weighted by Crippen LogP contribution is -2.42. The van der Waals surface area contributed by atoms with Crippen LogP contribution in [-0.2, 0) is 9.53 Å². The Morgan fingerprint density at radius 1 is 1.52 bits per heavy atom. The molecule has 6 heteroatoms. The molecular weight excluding hydrogens is 311 g/mol. The van der Waals surface area contributed by atoms with E-state index in [1.54, 1.807) is 0 Å². The second-order valence-electron chi connectivity index (χ2n) is 5.24. The summed E-state index contributed by atoms with van der Waals surface area (Å²) in [5, 5.41) is 0.683.